The van der Waals surface area contributed by atoms with Gasteiger partial charge in [-0.05, 0) is 37.4 Å². The Labute approximate surface area is 154 Å². The van der Waals surface area contributed by atoms with E-state index in [0.717, 1.165) is 24.4 Å². The number of carbonyl (C=O) groups excluding carboxylic acids is 1. The molecule has 1 aliphatic heterocycles. The van der Waals surface area contributed by atoms with Crippen LogP contribution in [0.3, 0.4) is 0 Å². The van der Waals surface area contributed by atoms with Crippen LogP contribution in [0.1, 0.15) is 29.5 Å². The van der Waals surface area contributed by atoms with Crippen molar-refractivity contribution < 1.29 is 4.79 Å². The number of nitrogens with two attached hydrogens (primary N) is 1. The minimum Gasteiger partial charge on any atom is -0.338 e. The molecule has 0 bridgehead atoms. The molecule has 1 aliphatic rings. The second-order valence-corrected chi connectivity index (χ2v) is 6.32. The molecule has 3 rings (SSSR count). The van der Waals surface area contributed by atoms with E-state index >= 15 is 0 Å². The smallest absolute Gasteiger partial charge is 0.253 e. The Morgan fingerprint density at radius 1 is 1.42 bits per heavy atom. The van der Waals surface area contributed by atoms with Crippen LogP contribution in [0.5, 0.6) is 0 Å². The van der Waals surface area contributed by atoms with Crippen LogP contribution < -0.4 is 5.73 Å². The Morgan fingerprint density at radius 3 is 2.75 bits per heavy atom. The number of likely N-dealkylation sites (tertiary alicyclic amines) is 1. The number of nitrogens with zero attached hydrogens (tertiary/aromatic N) is 3. The lowest BCUT2D eigenvalue weighted by Gasteiger charge is -2.22. The number of benzene rings is 1. The molecule has 1 unspecified atom stereocenters. The van der Waals surface area contributed by atoms with Crippen molar-refractivity contribution >= 4 is 30.7 Å². The van der Waals surface area contributed by atoms with Crippen LogP contribution in [0, 0.1) is 12.3 Å². The van der Waals surface area contributed by atoms with Gasteiger partial charge in [-0.1, -0.05) is 19.1 Å². The number of nitrogens with one attached hydrogen (secondary N) is 1. The largest absolute Gasteiger partial charge is 0.338 e. The van der Waals surface area contributed by atoms with Crippen LogP contribution in [-0.2, 0) is 0 Å². The summed E-state index contributed by atoms with van der Waals surface area (Å²) >= 11 is 0. The summed E-state index contributed by atoms with van der Waals surface area (Å²) in [4.78, 5) is 18.9. The molecule has 3 N–H and O–H groups in total. The topological polar surface area (TPSA) is 87.9 Å². The van der Waals surface area contributed by atoms with Crippen molar-refractivity contribution in [2.45, 2.75) is 20.3 Å². The first kappa shape index (κ1) is 20.4. The molecule has 0 spiro atoms. The fourth-order valence-corrected chi connectivity index (χ4v) is 2.81. The third kappa shape index (κ3) is 4.06. The summed E-state index contributed by atoms with van der Waals surface area (Å²) in [7, 11) is 0. The van der Waals surface area contributed by atoms with E-state index in [4.69, 9.17) is 5.73 Å². The molecule has 24 heavy (non-hydrogen) atoms. The molecule has 1 aromatic heterocycles. The number of rotatable bonds is 3. The zero-order valence-corrected chi connectivity index (χ0v) is 15.4. The number of H-pyrrole nitrogens is 1. The molecule has 1 amide bonds. The van der Waals surface area contributed by atoms with E-state index in [1.807, 2.05) is 36.1 Å². The Balaban J connectivity index is 0.00000144. The normalized spacial score (nSPS) is 19.5. The first-order valence-corrected chi connectivity index (χ1v) is 7.49. The first-order valence-electron chi connectivity index (χ1n) is 7.49. The van der Waals surface area contributed by atoms with Gasteiger partial charge in [0.1, 0.15) is 5.82 Å². The van der Waals surface area contributed by atoms with E-state index in [9.17, 15) is 4.79 Å². The minimum atomic E-state index is 0. The number of halogens is 2. The van der Waals surface area contributed by atoms with Gasteiger partial charge in [-0.3, -0.25) is 9.89 Å². The molecule has 0 radical (unpaired) electrons. The third-order valence-electron chi connectivity index (χ3n) is 4.30. The van der Waals surface area contributed by atoms with Crippen LogP contribution in [0.25, 0.3) is 11.4 Å². The highest BCUT2D eigenvalue weighted by atomic mass is 35.5. The Kier molecular flexibility index (Phi) is 6.77. The minimum absolute atomic E-state index is 0. The van der Waals surface area contributed by atoms with Gasteiger partial charge >= 0.3 is 0 Å². The molecule has 2 aromatic rings. The number of aromatic amines is 1. The molecule has 0 aliphatic carbocycles. The summed E-state index contributed by atoms with van der Waals surface area (Å²) in [5.41, 5.74) is 7.36. The molecule has 1 saturated heterocycles. The number of aryl methyl sites for hydroxylation is 1. The van der Waals surface area contributed by atoms with Gasteiger partial charge in [0.25, 0.3) is 5.91 Å². The fourth-order valence-electron chi connectivity index (χ4n) is 2.81. The maximum atomic E-state index is 12.7. The molecule has 6 nitrogen and oxygen atoms in total. The molecule has 2 heterocycles. The van der Waals surface area contributed by atoms with Gasteiger partial charge in [-0.2, -0.15) is 5.10 Å². The van der Waals surface area contributed by atoms with Crippen LogP contribution in [0.4, 0.5) is 0 Å². The predicted molar refractivity (Wildman–Crippen MR) is 98.7 cm³/mol. The number of amides is 1. The average Bonchev–Trinajstić information content (AvgIpc) is 3.14. The van der Waals surface area contributed by atoms with E-state index in [2.05, 4.69) is 22.1 Å². The summed E-state index contributed by atoms with van der Waals surface area (Å²) in [5.74, 6) is 1.41. The molecular formula is C16H23Cl2N5O. The molecular weight excluding hydrogens is 349 g/mol. The Hall–Kier alpha value is -1.63. The van der Waals surface area contributed by atoms with E-state index in [1.165, 1.54) is 0 Å². The van der Waals surface area contributed by atoms with Crippen molar-refractivity contribution in [1.29, 1.82) is 0 Å². The highest BCUT2D eigenvalue weighted by Crippen LogP contribution is 2.29. The SMILES string of the molecule is Cc1nc(-c2cccc(C(=O)N3CCC(C)(CN)C3)c2)n[nH]1.Cl.Cl. The van der Waals surface area contributed by atoms with Gasteiger partial charge in [-0.15, -0.1) is 24.8 Å². The van der Waals surface area contributed by atoms with Crippen molar-refractivity contribution in [2.24, 2.45) is 11.1 Å². The predicted octanol–water partition coefficient (Wildman–Crippen LogP) is 2.43. The average molecular weight is 372 g/mol. The third-order valence-corrected chi connectivity index (χ3v) is 4.30. The molecule has 1 fully saturated rings. The van der Waals surface area contributed by atoms with E-state index in [-0.39, 0.29) is 36.1 Å². The number of aromatic nitrogens is 3. The second kappa shape index (κ2) is 7.96. The fraction of sp³-hybridized carbons (Fsp3) is 0.438. The van der Waals surface area contributed by atoms with Crippen molar-refractivity contribution in [3.63, 3.8) is 0 Å². The van der Waals surface area contributed by atoms with E-state index in [1.54, 1.807) is 0 Å². The van der Waals surface area contributed by atoms with E-state index < -0.39 is 0 Å². The lowest BCUT2D eigenvalue weighted by molar-refractivity contribution is 0.0777. The number of carbonyl (C=O) groups is 1. The summed E-state index contributed by atoms with van der Waals surface area (Å²) in [6, 6.07) is 7.46. The monoisotopic (exact) mass is 371 g/mol. The summed E-state index contributed by atoms with van der Waals surface area (Å²) in [6.07, 6.45) is 0.953. The molecule has 1 aromatic carbocycles. The first-order chi connectivity index (χ1) is 10.5. The summed E-state index contributed by atoms with van der Waals surface area (Å²) in [5, 5.41) is 6.96. The molecule has 1 atom stereocenters. The Morgan fingerprint density at radius 2 is 2.17 bits per heavy atom. The van der Waals surface area contributed by atoms with Gasteiger partial charge in [0, 0.05) is 24.2 Å². The number of hydrogen-bond acceptors (Lipinski definition) is 4. The Bertz CT molecular complexity index is 705. The quantitative estimate of drug-likeness (QED) is 0.866. The van der Waals surface area contributed by atoms with Crippen LogP contribution in [0.15, 0.2) is 24.3 Å². The highest BCUT2D eigenvalue weighted by Gasteiger charge is 2.35. The summed E-state index contributed by atoms with van der Waals surface area (Å²) < 4.78 is 0. The lowest BCUT2D eigenvalue weighted by Crippen LogP contribution is -2.34. The van der Waals surface area contributed by atoms with Gasteiger partial charge in [0.05, 0.1) is 0 Å². The maximum absolute atomic E-state index is 12.7. The molecule has 8 heteroatoms. The van der Waals surface area contributed by atoms with Crippen LogP contribution >= 0.6 is 24.8 Å². The van der Waals surface area contributed by atoms with Gasteiger partial charge in [0.15, 0.2) is 5.82 Å². The zero-order valence-electron chi connectivity index (χ0n) is 13.8. The maximum Gasteiger partial charge on any atom is 0.253 e. The molecule has 132 valence electrons. The van der Waals surface area contributed by atoms with Crippen molar-refractivity contribution in [3.05, 3.63) is 35.7 Å². The number of hydrogen-bond donors (Lipinski definition) is 2. The second-order valence-electron chi connectivity index (χ2n) is 6.32. The molecule has 0 saturated carbocycles. The van der Waals surface area contributed by atoms with Gasteiger partial charge in [0.2, 0.25) is 0 Å². The lowest BCUT2D eigenvalue weighted by atomic mass is 9.90. The van der Waals surface area contributed by atoms with Crippen molar-refractivity contribution in [3.8, 4) is 11.4 Å². The summed E-state index contributed by atoms with van der Waals surface area (Å²) in [6.45, 7) is 6.06. The van der Waals surface area contributed by atoms with Crippen LogP contribution in [0.2, 0.25) is 0 Å². The standard InChI is InChI=1S/C16H21N5O.2ClH/c1-11-18-14(20-19-11)12-4-3-5-13(8-12)15(22)21-7-6-16(2,9-17)10-21;;/h3-5,8H,6-7,9-10,17H2,1-2H3,(H,18,19,20);2*1H. The van der Waals surface area contributed by atoms with E-state index in [0.29, 0.717) is 24.5 Å². The highest BCUT2D eigenvalue weighted by molar-refractivity contribution is 5.95. The van der Waals surface area contributed by atoms with Crippen molar-refractivity contribution in [2.75, 3.05) is 19.6 Å². The van der Waals surface area contributed by atoms with Crippen LogP contribution in [-0.4, -0.2) is 45.6 Å². The van der Waals surface area contributed by atoms with Gasteiger partial charge < -0.3 is 10.6 Å². The zero-order chi connectivity index (χ0) is 15.7. The van der Waals surface area contributed by atoms with Crippen molar-refractivity contribution in [1.82, 2.24) is 20.1 Å². The van der Waals surface area contributed by atoms with Gasteiger partial charge in [-0.25, -0.2) is 4.98 Å².